The van der Waals surface area contributed by atoms with Gasteiger partial charge in [-0.15, -0.1) is 0 Å². The first-order valence-corrected chi connectivity index (χ1v) is 11.4. The zero-order chi connectivity index (χ0) is 21.9. The highest BCUT2D eigenvalue weighted by atomic mass is 35.5. The van der Waals surface area contributed by atoms with Crippen molar-refractivity contribution >= 4 is 39.9 Å². The van der Waals surface area contributed by atoms with Gasteiger partial charge in [0.25, 0.3) is 0 Å². The SMILES string of the molecule is Clc1ccc(-c2nc(NCCNC3=CCC4C=CC=CC4=C3)c3ccccc3n2)c(Cl)c1. The summed E-state index contributed by atoms with van der Waals surface area (Å²) in [5, 5.41) is 9.08. The van der Waals surface area contributed by atoms with Gasteiger partial charge in [-0.05, 0) is 48.4 Å². The predicted octanol–water partition coefficient (Wildman–Crippen LogP) is 6.56. The van der Waals surface area contributed by atoms with E-state index < -0.39 is 0 Å². The van der Waals surface area contributed by atoms with Crippen LogP contribution in [0.4, 0.5) is 5.82 Å². The lowest BCUT2D eigenvalue weighted by molar-refractivity contribution is 0.740. The molecule has 0 aliphatic heterocycles. The van der Waals surface area contributed by atoms with E-state index >= 15 is 0 Å². The summed E-state index contributed by atoms with van der Waals surface area (Å²) >= 11 is 12.5. The maximum atomic E-state index is 6.41. The Bertz CT molecular complexity index is 1290. The van der Waals surface area contributed by atoms with E-state index in [9.17, 15) is 0 Å². The molecule has 0 fully saturated rings. The van der Waals surface area contributed by atoms with E-state index in [0.717, 1.165) is 35.2 Å². The molecule has 1 unspecified atom stereocenters. The monoisotopic (exact) mass is 460 g/mol. The number of fused-ring (bicyclic) bond motifs is 2. The number of halogens is 2. The van der Waals surface area contributed by atoms with Gasteiger partial charge in [-0.3, -0.25) is 0 Å². The van der Waals surface area contributed by atoms with E-state index in [2.05, 4.69) is 47.1 Å². The van der Waals surface area contributed by atoms with E-state index in [4.69, 9.17) is 33.2 Å². The Morgan fingerprint density at radius 2 is 1.84 bits per heavy atom. The van der Waals surface area contributed by atoms with E-state index in [-0.39, 0.29) is 0 Å². The van der Waals surface area contributed by atoms with Gasteiger partial charge in [-0.2, -0.15) is 0 Å². The van der Waals surface area contributed by atoms with E-state index in [1.54, 1.807) is 12.1 Å². The lowest BCUT2D eigenvalue weighted by Gasteiger charge is -2.21. The highest BCUT2D eigenvalue weighted by Gasteiger charge is 2.15. The van der Waals surface area contributed by atoms with Crippen LogP contribution in [-0.4, -0.2) is 23.1 Å². The first kappa shape index (κ1) is 20.8. The van der Waals surface area contributed by atoms with E-state index in [1.165, 1.54) is 11.3 Å². The molecule has 160 valence electrons. The molecular weight excluding hydrogens is 439 g/mol. The highest BCUT2D eigenvalue weighted by molar-refractivity contribution is 6.36. The average Bonchev–Trinajstić information content (AvgIpc) is 2.81. The first-order valence-electron chi connectivity index (χ1n) is 10.6. The molecule has 4 nitrogen and oxygen atoms in total. The molecule has 1 aromatic heterocycles. The van der Waals surface area contributed by atoms with Gasteiger partial charge in [0.15, 0.2) is 5.82 Å². The smallest absolute Gasteiger partial charge is 0.163 e. The molecule has 0 bridgehead atoms. The maximum absolute atomic E-state index is 6.41. The summed E-state index contributed by atoms with van der Waals surface area (Å²) in [6.45, 7) is 1.49. The topological polar surface area (TPSA) is 49.8 Å². The normalized spacial score (nSPS) is 17.0. The summed E-state index contributed by atoms with van der Waals surface area (Å²) in [4.78, 5) is 9.49. The van der Waals surface area contributed by atoms with Gasteiger partial charge in [-0.1, -0.05) is 65.7 Å². The van der Waals surface area contributed by atoms with Crippen LogP contribution in [0.2, 0.25) is 10.0 Å². The minimum absolute atomic E-state index is 0.508. The summed E-state index contributed by atoms with van der Waals surface area (Å²) in [6, 6.07) is 13.3. The maximum Gasteiger partial charge on any atom is 0.163 e. The summed E-state index contributed by atoms with van der Waals surface area (Å²) < 4.78 is 0. The fourth-order valence-electron chi connectivity index (χ4n) is 3.98. The minimum Gasteiger partial charge on any atom is -0.384 e. The van der Waals surface area contributed by atoms with Crippen molar-refractivity contribution in [3.63, 3.8) is 0 Å². The fourth-order valence-corrected chi connectivity index (χ4v) is 4.47. The number of anilines is 1. The predicted molar refractivity (Wildman–Crippen MR) is 134 cm³/mol. The number of hydrogen-bond acceptors (Lipinski definition) is 4. The van der Waals surface area contributed by atoms with Crippen molar-refractivity contribution in [3.05, 3.63) is 100 Å². The molecule has 0 saturated heterocycles. The molecule has 6 heteroatoms. The zero-order valence-corrected chi connectivity index (χ0v) is 18.9. The molecule has 0 spiro atoms. The fraction of sp³-hybridized carbons (Fsp3) is 0.154. The Kier molecular flexibility index (Phi) is 5.97. The molecule has 1 heterocycles. The zero-order valence-electron chi connectivity index (χ0n) is 17.4. The van der Waals surface area contributed by atoms with E-state index in [0.29, 0.717) is 28.3 Å². The van der Waals surface area contributed by atoms with Crippen molar-refractivity contribution in [2.24, 2.45) is 5.92 Å². The number of hydrogen-bond donors (Lipinski definition) is 2. The van der Waals surface area contributed by atoms with Crippen molar-refractivity contribution in [2.45, 2.75) is 6.42 Å². The second-order valence-electron chi connectivity index (χ2n) is 7.78. The van der Waals surface area contributed by atoms with Crippen LogP contribution in [0.3, 0.4) is 0 Å². The third-order valence-electron chi connectivity index (χ3n) is 5.61. The summed E-state index contributed by atoms with van der Waals surface area (Å²) in [7, 11) is 0. The molecule has 0 amide bonds. The van der Waals surface area contributed by atoms with E-state index in [1.807, 2.05) is 30.3 Å². The number of rotatable bonds is 6. The summed E-state index contributed by atoms with van der Waals surface area (Å²) in [5.74, 6) is 1.87. The van der Waals surface area contributed by atoms with Crippen LogP contribution in [0, 0.1) is 5.92 Å². The van der Waals surface area contributed by atoms with Gasteiger partial charge < -0.3 is 10.6 Å². The quantitative estimate of drug-likeness (QED) is 0.408. The lowest BCUT2D eigenvalue weighted by atomic mass is 9.87. The minimum atomic E-state index is 0.508. The van der Waals surface area contributed by atoms with Crippen LogP contribution in [0.25, 0.3) is 22.3 Å². The van der Waals surface area contributed by atoms with Gasteiger partial charge in [0, 0.05) is 40.7 Å². The largest absolute Gasteiger partial charge is 0.384 e. The molecular formula is C26H22Cl2N4. The van der Waals surface area contributed by atoms with Gasteiger partial charge in [0.2, 0.25) is 0 Å². The molecule has 3 aromatic rings. The van der Waals surface area contributed by atoms with Crippen molar-refractivity contribution in [1.29, 1.82) is 0 Å². The average molecular weight is 461 g/mol. The molecule has 2 N–H and O–H groups in total. The lowest BCUT2D eigenvalue weighted by Crippen LogP contribution is -2.23. The van der Waals surface area contributed by atoms with Crippen molar-refractivity contribution in [1.82, 2.24) is 15.3 Å². The summed E-state index contributed by atoms with van der Waals surface area (Å²) in [6.07, 6.45) is 14.2. The molecule has 32 heavy (non-hydrogen) atoms. The molecule has 2 aliphatic rings. The van der Waals surface area contributed by atoms with Gasteiger partial charge in [0.1, 0.15) is 5.82 Å². The Labute approximate surface area is 197 Å². The van der Waals surface area contributed by atoms with Crippen molar-refractivity contribution in [3.8, 4) is 11.4 Å². The molecule has 2 aliphatic carbocycles. The number of nitrogens with zero attached hydrogens (tertiary/aromatic N) is 2. The number of benzene rings is 2. The molecule has 0 radical (unpaired) electrons. The van der Waals surface area contributed by atoms with Crippen LogP contribution in [-0.2, 0) is 0 Å². The van der Waals surface area contributed by atoms with Crippen LogP contribution < -0.4 is 10.6 Å². The van der Waals surface area contributed by atoms with Crippen LogP contribution in [0.15, 0.2) is 90.2 Å². The Balaban J connectivity index is 1.32. The molecule has 0 saturated carbocycles. The van der Waals surface area contributed by atoms with Crippen molar-refractivity contribution in [2.75, 3.05) is 18.4 Å². The molecule has 5 rings (SSSR count). The van der Waals surface area contributed by atoms with Gasteiger partial charge >= 0.3 is 0 Å². The molecule has 2 aromatic carbocycles. The number of nitrogens with one attached hydrogen (secondary N) is 2. The second kappa shape index (κ2) is 9.19. The Morgan fingerprint density at radius 3 is 2.75 bits per heavy atom. The van der Waals surface area contributed by atoms with Crippen LogP contribution in [0.5, 0.6) is 0 Å². The van der Waals surface area contributed by atoms with Crippen molar-refractivity contribution < 1.29 is 0 Å². The third kappa shape index (κ3) is 4.43. The summed E-state index contributed by atoms with van der Waals surface area (Å²) in [5.41, 5.74) is 4.14. The van der Waals surface area contributed by atoms with Gasteiger partial charge in [0.05, 0.1) is 10.5 Å². The Hall–Kier alpha value is -3.08. The number of para-hydroxylation sites is 1. The third-order valence-corrected chi connectivity index (χ3v) is 6.15. The first-order chi connectivity index (χ1) is 15.7. The second-order valence-corrected chi connectivity index (χ2v) is 8.62. The highest BCUT2D eigenvalue weighted by Crippen LogP contribution is 2.31. The van der Waals surface area contributed by atoms with Crippen LogP contribution in [0.1, 0.15) is 6.42 Å². The number of aromatic nitrogens is 2. The number of allylic oxidation sites excluding steroid dienone is 7. The Morgan fingerprint density at radius 1 is 0.969 bits per heavy atom. The molecule has 1 atom stereocenters. The van der Waals surface area contributed by atoms with Crippen LogP contribution >= 0.6 is 23.2 Å². The van der Waals surface area contributed by atoms with Gasteiger partial charge in [-0.25, -0.2) is 9.97 Å². The standard InChI is InChI=1S/C26H22Cl2N4/c27-19-10-12-21(23(28)16-19)26-31-24-8-4-3-7-22(24)25(32-26)30-14-13-29-20-11-9-17-5-1-2-6-18(17)15-20/h1-8,10-12,15-17,29H,9,13-14H2,(H,30,31,32).